The SMILES string of the molecule is CS(=O)(=O)N(CCCC(=O)NCc1cccc(F)c1)c1ccccc1F. The largest absolute Gasteiger partial charge is 0.352 e. The van der Waals surface area contributed by atoms with Crippen molar-refractivity contribution in [3.63, 3.8) is 0 Å². The predicted octanol–water partition coefficient (Wildman–Crippen LogP) is 2.83. The van der Waals surface area contributed by atoms with Gasteiger partial charge in [0, 0.05) is 19.5 Å². The van der Waals surface area contributed by atoms with Crippen LogP contribution in [-0.4, -0.2) is 27.1 Å². The minimum Gasteiger partial charge on any atom is -0.352 e. The van der Waals surface area contributed by atoms with Crippen molar-refractivity contribution < 1.29 is 22.0 Å². The van der Waals surface area contributed by atoms with E-state index in [0.717, 1.165) is 10.6 Å². The van der Waals surface area contributed by atoms with Gasteiger partial charge in [0.1, 0.15) is 11.6 Å². The fourth-order valence-electron chi connectivity index (χ4n) is 2.44. The first-order valence-corrected chi connectivity index (χ1v) is 9.85. The number of hydrogen-bond donors (Lipinski definition) is 1. The number of rotatable bonds is 8. The molecule has 1 N–H and O–H groups in total. The molecule has 5 nitrogen and oxygen atoms in total. The van der Waals surface area contributed by atoms with E-state index in [1.54, 1.807) is 18.2 Å². The van der Waals surface area contributed by atoms with E-state index in [1.165, 1.54) is 30.3 Å². The van der Waals surface area contributed by atoms with Crippen LogP contribution in [0.2, 0.25) is 0 Å². The Kier molecular flexibility index (Phi) is 6.68. The number of hydrogen-bond acceptors (Lipinski definition) is 3. The summed E-state index contributed by atoms with van der Waals surface area (Å²) in [4.78, 5) is 11.9. The minimum absolute atomic E-state index is 0.0207. The molecule has 8 heteroatoms. The number of carbonyl (C=O) groups is 1. The van der Waals surface area contributed by atoms with Crippen LogP contribution in [0.5, 0.6) is 0 Å². The maximum atomic E-state index is 13.9. The molecule has 0 aliphatic heterocycles. The Bertz CT molecular complexity index is 872. The molecule has 2 aromatic rings. The zero-order valence-corrected chi connectivity index (χ0v) is 15.1. The topological polar surface area (TPSA) is 66.5 Å². The number of amides is 1. The standard InChI is InChI=1S/C18H20F2N2O3S/c1-26(24,25)22(17-9-3-2-8-16(17)20)11-5-10-18(23)21-13-14-6-4-7-15(19)12-14/h2-4,6-9,12H,5,10-11,13H2,1H3,(H,21,23). The van der Waals surface area contributed by atoms with Gasteiger partial charge in [0.15, 0.2) is 0 Å². The Morgan fingerprint density at radius 3 is 2.50 bits per heavy atom. The number of sulfonamides is 1. The van der Waals surface area contributed by atoms with Gasteiger partial charge in [0.2, 0.25) is 15.9 Å². The lowest BCUT2D eigenvalue weighted by molar-refractivity contribution is -0.121. The van der Waals surface area contributed by atoms with Gasteiger partial charge in [-0.05, 0) is 36.2 Å². The van der Waals surface area contributed by atoms with Gasteiger partial charge >= 0.3 is 0 Å². The van der Waals surface area contributed by atoms with Crippen LogP contribution in [0, 0.1) is 11.6 Å². The van der Waals surface area contributed by atoms with Gasteiger partial charge in [0.05, 0.1) is 11.9 Å². The second-order valence-corrected chi connectivity index (χ2v) is 7.70. The number of nitrogens with one attached hydrogen (secondary N) is 1. The average molecular weight is 382 g/mol. The highest BCUT2D eigenvalue weighted by Gasteiger charge is 2.20. The van der Waals surface area contributed by atoms with Gasteiger partial charge in [-0.3, -0.25) is 9.10 Å². The third-order valence-electron chi connectivity index (χ3n) is 3.67. The highest BCUT2D eigenvalue weighted by molar-refractivity contribution is 7.92. The molecule has 0 unspecified atom stereocenters. The van der Waals surface area contributed by atoms with Gasteiger partial charge in [0.25, 0.3) is 0 Å². The molecule has 0 aliphatic carbocycles. The Morgan fingerprint density at radius 1 is 1.12 bits per heavy atom. The van der Waals surface area contributed by atoms with E-state index in [-0.39, 0.29) is 43.3 Å². The van der Waals surface area contributed by atoms with Crippen molar-refractivity contribution in [3.05, 3.63) is 65.7 Å². The van der Waals surface area contributed by atoms with Crippen LogP contribution >= 0.6 is 0 Å². The summed E-state index contributed by atoms with van der Waals surface area (Å²) in [6.07, 6.45) is 1.27. The summed E-state index contributed by atoms with van der Waals surface area (Å²) in [5.74, 6) is -1.32. The highest BCUT2D eigenvalue weighted by atomic mass is 32.2. The summed E-state index contributed by atoms with van der Waals surface area (Å²) in [6, 6.07) is 11.4. The molecular weight excluding hydrogens is 362 g/mol. The van der Waals surface area contributed by atoms with Crippen LogP contribution in [0.15, 0.2) is 48.5 Å². The van der Waals surface area contributed by atoms with Crippen molar-refractivity contribution in [2.45, 2.75) is 19.4 Å². The second kappa shape index (κ2) is 8.75. The quantitative estimate of drug-likeness (QED) is 0.764. The first kappa shape index (κ1) is 19.8. The van der Waals surface area contributed by atoms with Crippen LogP contribution < -0.4 is 9.62 Å². The van der Waals surface area contributed by atoms with Gasteiger partial charge in [-0.2, -0.15) is 0 Å². The average Bonchev–Trinajstić information content (AvgIpc) is 2.57. The summed E-state index contributed by atoms with van der Waals surface area (Å²) < 4.78 is 51.8. The van der Waals surface area contributed by atoms with Crippen LogP contribution in [0.4, 0.5) is 14.5 Å². The first-order chi connectivity index (χ1) is 12.3. The highest BCUT2D eigenvalue weighted by Crippen LogP contribution is 2.21. The Morgan fingerprint density at radius 2 is 1.85 bits per heavy atom. The number of nitrogens with zero attached hydrogens (tertiary/aromatic N) is 1. The molecule has 0 saturated carbocycles. The van der Waals surface area contributed by atoms with Gasteiger partial charge < -0.3 is 5.32 Å². The minimum atomic E-state index is -3.68. The maximum absolute atomic E-state index is 13.9. The molecule has 140 valence electrons. The summed E-state index contributed by atoms with van der Waals surface area (Å²) >= 11 is 0. The van der Waals surface area contributed by atoms with E-state index in [4.69, 9.17) is 0 Å². The van der Waals surface area contributed by atoms with Crippen LogP contribution in [0.3, 0.4) is 0 Å². The van der Waals surface area contributed by atoms with E-state index >= 15 is 0 Å². The van der Waals surface area contributed by atoms with Crippen LogP contribution in [0.1, 0.15) is 18.4 Å². The maximum Gasteiger partial charge on any atom is 0.232 e. The summed E-state index contributed by atoms with van der Waals surface area (Å²) in [6.45, 7) is 0.160. The fourth-order valence-corrected chi connectivity index (χ4v) is 3.40. The van der Waals surface area contributed by atoms with E-state index in [2.05, 4.69) is 5.32 Å². The van der Waals surface area contributed by atoms with Crippen molar-refractivity contribution in [3.8, 4) is 0 Å². The lowest BCUT2D eigenvalue weighted by atomic mass is 10.2. The van der Waals surface area contributed by atoms with Crippen molar-refractivity contribution in [2.75, 3.05) is 17.1 Å². The normalized spacial score (nSPS) is 11.2. The van der Waals surface area contributed by atoms with Crippen molar-refractivity contribution >= 4 is 21.6 Å². The molecule has 2 aromatic carbocycles. The van der Waals surface area contributed by atoms with E-state index in [0.29, 0.717) is 5.56 Å². The smallest absolute Gasteiger partial charge is 0.232 e. The molecule has 26 heavy (non-hydrogen) atoms. The van der Waals surface area contributed by atoms with Crippen LogP contribution in [0.25, 0.3) is 0 Å². The van der Waals surface area contributed by atoms with Crippen molar-refractivity contribution in [1.82, 2.24) is 5.32 Å². The Labute approximate surface area is 151 Å². The molecule has 0 atom stereocenters. The molecule has 0 heterocycles. The molecule has 0 saturated heterocycles. The van der Waals surface area contributed by atoms with Crippen molar-refractivity contribution in [1.29, 1.82) is 0 Å². The lowest BCUT2D eigenvalue weighted by Gasteiger charge is -2.22. The number of benzene rings is 2. The fraction of sp³-hybridized carbons (Fsp3) is 0.278. The molecule has 0 fully saturated rings. The van der Waals surface area contributed by atoms with Gasteiger partial charge in [-0.25, -0.2) is 17.2 Å². The van der Waals surface area contributed by atoms with Crippen LogP contribution in [-0.2, 0) is 21.4 Å². The van der Waals surface area contributed by atoms with Gasteiger partial charge in [-0.1, -0.05) is 24.3 Å². The summed E-state index contributed by atoms with van der Waals surface area (Å²) in [7, 11) is -3.68. The predicted molar refractivity (Wildman–Crippen MR) is 96.1 cm³/mol. The zero-order chi connectivity index (χ0) is 19.2. The summed E-state index contributed by atoms with van der Waals surface area (Å²) in [5, 5.41) is 2.64. The molecule has 1 amide bonds. The number of para-hydroxylation sites is 1. The molecular formula is C18H20F2N2O3S. The molecule has 0 radical (unpaired) electrons. The molecule has 2 rings (SSSR count). The molecule has 0 aromatic heterocycles. The monoisotopic (exact) mass is 382 g/mol. The number of anilines is 1. The van der Waals surface area contributed by atoms with E-state index in [9.17, 15) is 22.0 Å². The van der Waals surface area contributed by atoms with E-state index < -0.39 is 15.8 Å². The Hall–Kier alpha value is -2.48. The third kappa shape index (κ3) is 5.80. The first-order valence-electron chi connectivity index (χ1n) is 8.01. The Balaban J connectivity index is 1.89. The molecule has 0 spiro atoms. The number of halogens is 2. The zero-order valence-electron chi connectivity index (χ0n) is 14.3. The van der Waals surface area contributed by atoms with Gasteiger partial charge in [-0.15, -0.1) is 0 Å². The second-order valence-electron chi connectivity index (χ2n) is 5.80. The molecule has 0 bridgehead atoms. The lowest BCUT2D eigenvalue weighted by Crippen LogP contribution is -2.32. The third-order valence-corrected chi connectivity index (χ3v) is 4.85. The van der Waals surface area contributed by atoms with Crippen molar-refractivity contribution in [2.24, 2.45) is 0 Å². The molecule has 0 aliphatic rings. The number of carbonyl (C=O) groups excluding carboxylic acids is 1. The van der Waals surface area contributed by atoms with E-state index in [1.807, 2.05) is 0 Å². The summed E-state index contributed by atoms with van der Waals surface area (Å²) in [5.41, 5.74) is 0.581.